The third-order valence-corrected chi connectivity index (χ3v) is 2.81. The van der Waals surface area contributed by atoms with Crippen LogP contribution < -0.4 is 5.48 Å². The topological polar surface area (TPSA) is 138 Å². The monoisotopic (exact) mass is 302 g/mol. The Morgan fingerprint density at radius 3 is 2.10 bits per heavy atom. The quantitative estimate of drug-likeness (QED) is 0.385. The lowest BCUT2D eigenvalue weighted by molar-refractivity contribution is -0.171. The first kappa shape index (κ1) is 16.4. The number of nitrogens with one attached hydrogen (secondary N) is 1. The number of hydrogen-bond acceptors (Lipinski definition) is 7. The first-order chi connectivity index (χ1) is 9.70. The Hall–Kier alpha value is -2.69. The zero-order valence-corrected chi connectivity index (χ0v) is 11.7. The number of oxime groups is 1. The molecule has 0 aromatic rings. The molecule has 1 fully saturated rings. The molecule has 0 spiro atoms. The fourth-order valence-electron chi connectivity index (χ4n) is 1.75. The third kappa shape index (κ3) is 2.50. The lowest BCUT2D eigenvalue weighted by Gasteiger charge is -2.39. The molecule has 0 aliphatic carbocycles. The highest BCUT2D eigenvalue weighted by Gasteiger charge is 2.60. The van der Waals surface area contributed by atoms with Gasteiger partial charge in [0.2, 0.25) is 0 Å². The van der Waals surface area contributed by atoms with E-state index < -0.39 is 29.5 Å². The van der Waals surface area contributed by atoms with Gasteiger partial charge in [-0.2, -0.15) is 5.48 Å². The Labute approximate surface area is 119 Å². The van der Waals surface area contributed by atoms with Gasteiger partial charge in [-0.15, -0.1) is 0 Å². The molecule has 0 bridgehead atoms. The number of urea groups is 1. The van der Waals surface area contributed by atoms with E-state index in [1.807, 2.05) is 0 Å². The molecule has 1 rings (SSSR count). The predicted octanol–water partition coefficient (Wildman–Crippen LogP) is -1.00. The van der Waals surface area contributed by atoms with Crippen molar-refractivity contribution in [2.24, 2.45) is 5.16 Å². The van der Waals surface area contributed by atoms with Gasteiger partial charge in [-0.05, 0) is 6.92 Å². The van der Waals surface area contributed by atoms with E-state index in [1.54, 1.807) is 0 Å². The number of hydroxylamine groups is 1. The van der Waals surface area contributed by atoms with Crippen molar-refractivity contribution in [1.82, 2.24) is 15.3 Å². The molecular formula is C10H14N4O7. The Balaban J connectivity index is 3.42. The molecule has 0 radical (unpaired) electrons. The van der Waals surface area contributed by atoms with Crippen LogP contribution in [0.4, 0.5) is 9.59 Å². The summed E-state index contributed by atoms with van der Waals surface area (Å²) in [6.45, 7) is 1.22. The van der Waals surface area contributed by atoms with Crippen LogP contribution in [0.1, 0.15) is 6.92 Å². The summed E-state index contributed by atoms with van der Waals surface area (Å²) >= 11 is 0. The molecule has 0 aromatic carbocycles. The summed E-state index contributed by atoms with van der Waals surface area (Å²) in [7, 11) is 3.40. The lowest BCUT2D eigenvalue weighted by atomic mass is 9.93. The fraction of sp³-hybridized carbons (Fsp3) is 0.500. The number of nitrogens with zero attached hydrogens (tertiary/aromatic N) is 3. The third-order valence-electron chi connectivity index (χ3n) is 2.81. The van der Waals surface area contributed by atoms with Crippen LogP contribution in [0.2, 0.25) is 0 Å². The number of carboxylic acid groups (broad SMARTS) is 1. The van der Waals surface area contributed by atoms with Crippen LogP contribution >= 0.6 is 0 Å². The summed E-state index contributed by atoms with van der Waals surface area (Å²) in [6.07, 6.45) is -1.64. The number of amides is 5. The van der Waals surface area contributed by atoms with Crippen molar-refractivity contribution in [1.29, 1.82) is 0 Å². The Morgan fingerprint density at radius 1 is 1.24 bits per heavy atom. The molecule has 5 amide bonds. The maximum absolute atomic E-state index is 12.3. The molecule has 11 nitrogen and oxygen atoms in total. The minimum Gasteiger partial charge on any atom is -0.464 e. The average Bonchev–Trinajstić information content (AvgIpc) is 2.43. The van der Waals surface area contributed by atoms with Crippen molar-refractivity contribution < 1.29 is 34.0 Å². The maximum atomic E-state index is 12.3. The van der Waals surface area contributed by atoms with Gasteiger partial charge in [0.15, 0.2) is 0 Å². The Bertz CT molecular complexity index is 505. The smallest absolute Gasteiger partial charge is 0.428 e. The minimum absolute atomic E-state index is 0.278. The molecule has 2 N–H and O–H groups in total. The van der Waals surface area contributed by atoms with Crippen molar-refractivity contribution >= 4 is 29.7 Å². The van der Waals surface area contributed by atoms with Gasteiger partial charge in [0.05, 0.1) is 0 Å². The second-order valence-corrected chi connectivity index (χ2v) is 4.06. The highest BCUT2D eigenvalue weighted by molar-refractivity contribution is 6.34. The van der Waals surface area contributed by atoms with Crippen molar-refractivity contribution in [2.45, 2.75) is 12.5 Å². The normalized spacial score (nSPS) is 18.9. The molecule has 1 aliphatic rings. The highest BCUT2D eigenvalue weighted by Crippen LogP contribution is 2.25. The first-order valence-electron chi connectivity index (χ1n) is 5.55. The van der Waals surface area contributed by atoms with Gasteiger partial charge < -0.3 is 9.94 Å². The van der Waals surface area contributed by atoms with Gasteiger partial charge in [0.1, 0.15) is 12.8 Å². The number of rotatable bonds is 4. The average molecular weight is 302 g/mol. The molecular weight excluding hydrogens is 288 g/mol. The molecule has 0 aromatic heterocycles. The van der Waals surface area contributed by atoms with Gasteiger partial charge in [-0.3, -0.25) is 19.4 Å². The minimum atomic E-state index is -2.45. The first-order valence-corrected chi connectivity index (χ1v) is 5.55. The molecule has 116 valence electrons. The fourth-order valence-corrected chi connectivity index (χ4v) is 1.75. The van der Waals surface area contributed by atoms with Crippen LogP contribution in [0.15, 0.2) is 5.16 Å². The second kappa shape index (κ2) is 5.75. The van der Waals surface area contributed by atoms with Crippen LogP contribution in [0.25, 0.3) is 0 Å². The Kier molecular flexibility index (Phi) is 4.48. The lowest BCUT2D eigenvalue weighted by Crippen LogP contribution is -2.72. The maximum Gasteiger partial charge on any atom is 0.428 e. The standard InChI is InChI=1S/C10H14N4O7/c1-5(11-20-4)10(21-12-8(17)18)6(15)13(2)9(19)14(3)7(10)16/h12H,1-4H3,(H,17,18)/b11-5+. The number of barbiturate groups is 1. The number of carbonyl (C=O) groups is 4. The van der Waals surface area contributed by atoms with E-state index in [-0.39, 0.29) is 5.71 Å². The largest absolute Gasteiger partial charge is 0.464 e. The summed E-state index contributed by atoms with van der Waals surface area (Å²) < 4.78 is 0. The van der Waals surface area contributed by atoms with E-state index in [4.69, 9.17) is 9.94 Å². The second-order valence-electron chi connectivity index (χ2n) is 4.06. The highest BCUT2D eigenvalue weighted by atomic mass is 16.7. The zero-order valence-electron chi connectivity index (χ0n) is 11.7. The van der Waals surface area contributed by atoms with Crippen LogP contribution in [-0.2, 0) is 19.3 Å². The summed E-state index contributed by atoms with van der Waals surface area (Å²) in [5, 5.41) is 12.0. The van der Waals surface area contributed by atoms with E-state index >= 15 is 0 Å². The summed E-state index contributed by atoms with van der Waals surface area (Å²) in [5.41, 5.74) is -1.24. The predicted molar refractivity (Wildman–Crippen MR) is 66.0 cm³/mol. The molecule has 21 heavy (non-hydrogen) atoms. The molecule has 11 heteroatoms. The van der Waals surface area contributed by atoms with Gasteiger partial charge in [0.25, 0.3) is 17.4 Å². The summed E-state index contributed by atoms with van der Waals surface area (Å²) in [4.78, 5) is 57.4. The van der Waals surface area contributed by atoms with Crippen LogP contribution in [0, 0.1) is 0 Å². The molecule has 1 heterocycles. The molecule has 0 saturated carbocycles. The molecule has 1 aliphatic heterocycles. The van der Waals surface area contributed by atoms with Crippen molar-refractivity contribution in [3.8, 4) is 0 Å². The van der Waals surface area contributed by atoms with E-state index in [0.29, 0.717) is 9.80 Å². The number of likely N-dealkylation sites (N-methyl/N-ethyl adjacent to an activating group) is 2. The van der Waals surface area contributed by atoms with Crippen molar-refractivity contribution in [2.75, 3.05) is 21.2 Å². The zero-order chi connectivity index (χ0) is 16.4. The van der Waals surface area contributed by atoms with Gasteiger partial charge in [0, 0.05) is 14.1 Å². The van der Waals surface area contributed by atoms with Crippen LogP contribution in [0.3, 0.4) is 0 Å². The number of hydrogen-bond donors (Lipinski definition) is 2. The molecule has 0 atom stereocenters. The summed E-state index contributed by atoms with van der Waals surface area (Å²) in [5.74, 6) is -2.19. The van der Waals surface area contributed by atoms with Crippen molar-refractivity contribution in [3.63, 3.8) is 0 Å². The molecule has 1 saturated heterocycles. The van der Waals surface area contributed by atoms with E-state index in [2.05, 4.69) is 9.99 Å². The van der Waals surface area contributed by atoms with Crippen LogP contribution in [-0.4, -0.2) is 71.4 Å². The number of carbonyl (C=O) groups excluding carboxylic acids is 3. The SMILES string of the molecule is CO/N=C(\C)C1(ONC(=O)O)C(=O)N(C)C(=O)N(C)C1=O. The van der Waals surface area contributed by atoms with Gasteiger partial charge in [-0.1, -0.05) is 5.16 Å². The van der Waals surface area contributed by atoms with E-state index in [0.717, 1.165) is 21.2 Å². The van der Waals surface area contributed by atoms with E-state index in [9.17, 15) is 19.2 Å². The van der Waals surface area contributed by atoms with E-state index in [1.165, 1.54) is 12.4 Å². The summed E-state index contributed by atoms with van der Waals surface area (Å²) in [6, 6.07) is -0.884. The van der Waals surface area contributed by atoms with Crippen LogP contribution in [0.5, 0.6) is 0 Å². The molecule has 0 unspecified atom stereocenters. The Morgan fingerprint density at radius 2 is 1.71 bits per heavy atom. The number of imide groups is 2. The van der Waals surface area contributed by atoms with Crippen molar-refractivity contribution in [3.05, 3.63) is 0 Å². The van der Waals surface area contributed by atoms with Gasteiger partial charge in [-0.25, -0.2) is 14.4 Å². The van der Waals surface area contributed by atoms with Gasteiger partial charge >= 0.3 is 12.1 Å².